The SMILES string of the molecule is CCOc1ccc(CCNC(=O)c2ccc(C)c(C)c2)cc1OCC. The van der Waals surface area contributed by atoms with Crippen LogP contribution in [-0.2, 0) is 6.42 Å². The Morgan fingerprint density at radius 3 is 2.32 bits per heavy atom. The number of carbonyl (C=O) groups excluding carboxylic acids is 1. The van der Waals surface area contributed by atoms with Crippen LogP contribution in [0, 0.1) is 13.8 Å². The van der Waals surface area contributed by atoms with Gasteiger partial charge >= 0.3 is 0 Å². The van der Waals surface area contributed by atoms with E-state index in [1.807, 2.05) is 64.1 Å². The van der Waals surface area contributed by atoms with Gasteiger partial charge < -0.3 is 14.8 Å². The first-order chi connectivity index (χ1) is 12.0. The van der Waals surface area contributed by atoms with Crippen LogP contribution in [0.2, 0.25) is 0 Å². The van der Waals surface area contributed by atoms with E-state index in [0.29, 0.717) is 25.3 Å². The fourth-order valence-electron chi connectivity index (χ4n) is 2.56. The van der Waals surface area contributed by atoms with Gasteiger partial charge in [-0.3, -0.25) is 4.79 Å². The van der Waals surface area contributed by atoms with Crippen molar-refractivity contribution >= 4 is 5.91 Å². The molecule has 2 rings (SSSR count). The second-order valence-corrected chi connectivity index (χ2v) is 5.95. The molecule has 25 heavy (non-hydrogen) atoms. The molecule has 0 bridgehead atoms. The molecule has 0 spiro atoms. The molecular formula is C21H27NO3. The summed E-state index contributed by atoms with van der Waals surface area (Å²) in [6.45, 7) is 9.72. The summed E-state index contributed by atoms with van der Waals surface area (Å²) in [5, 5.41) is 2.97. The van der Waals surface area contributed by atoms with Crippen LogP contribution in [0.15, 0.2) is 36.4 Å². The lowest BCUT2D eigenvalue weighted by molar-refractivity contribution is 0.0954. The molecule has 2 aromatic rings. The van der Waals surface area contributed by atoms with Crippen molar-refractivity contribution in [2.24, 2.45) is 0 Å². The molecule has 0 aliphatic carbocycles. The molecule has 0 saturated carbocycles. The molecule has 0 atom stereocenters. The highest BCUT2D eigenvalue weighted by Gasteiger charge is 2.08. The summed E-state index contributed by atoms with van der Waals surface area (Å²) in [7, 11) is 0. The number of amides is 1. The highest BCUT2D eigenvalue weighted by atomic mass is 16.5. The van der Waals surface area contributed by atoms with E-state index in [9.17, 15) is 4.79 Å². The number of carbonyl (C=O) groups is 1. The predicted octanol–water partition coefficient (Wildman–Crippen LogP) is 4.07. The van der Waals surface area contributed by atoms with Gasteiger partial charge in [0.1, 0.15) is 0 Å². The monoisotopic (exact) mass is 341 g/mol. The van der Waals surface area contributed by atoms with Gasteiger partial charge in [0.05, 0.1) is 13.2 Å². The molecule has 4 nitrogen and oxygen atoms in total. The molecule has 134 valence electrons. The van der Waals surface area contributed by atoms with E-state index in [-0.39, 0.29) is 5.91 Å². The smallest absolute Gasteiger partial charge is 0.251 e. The molecule has 0 aliphatic rings. The third-order valence-corrected chi connectivity index (χ3v) is 4.08. The number of ether oxygens (including phenoxy) is 2. The summed E-state index contributed by atoms with van der Waals surface area (Å²) in [6.07, 6.45) is 0.739. The summed E-state index contributed by atoms with van der Waals surface area (Å²) in [5.74, 6) is 1.47. The molecule has 0 radical (unpaired) electrons. The van der Waals surface area contributed by atoms with E-state index < -0.39 is 0 Å². The Morgan fingerprint density at radius 2 is 1.64 bits per heavy atom. The standard InChI is InChI=1S/C21H27NO3/c1-5-24-19-10-8-17(14-20(19)25-6-2)11-12-22-21(23)18-9-7-15(3)16(4)13-18/h7-10,13-14H,5-6,11-12H2,1-4H3,(H,22,23). The van der Waals surface area contributed by atoms with Gasteiger partial charge in [0, 0.05) is 12.1 Å². The Bertz CT molecular complexity index is 725. The lowest BCUT2D eigenvalue weighted by atomic mass is 10.1. The van der Waals surface area contributed by atoms with Gasteiger partial charge in [-0.15, -0.1) is 0 Å². The summed E-state index contributed by atoms with van der Waals surface area (Å²) in [4.78, 5) is 12.3. The zero-order chi connectivity index (χ0) is 18.2. The number of hydrogen-bond donors (Lipinski definition) is 1. The van der Waals surface area contributed by atoms with Gasteiger partial charge in [-0.1, -0.05) is 12.1 Å². The van der Waals surface area contributed by atoms with Crippen molar-refractivity contribution in [3.05, 3.63) is 58.7 Å². The van der Waals surface area contributed by atoms with E-state index in [1.165, 1.54) is 5.56 Å². The van der Waals surface area contributed by atoms with Crippen molar-refractivity contribution < 1.29 is 14.3 Å². The fraction of sp³-hybridized carbons (Fsp3) is 0.381. The van der Waals surface area contributed by atoms with Crippen LogP contribution in [-0.4, -0.2) is 25.7 Å². The molecule has 0 unspecified atom stereocenters. The zero-order valence-electron chi connectivity index (χ0n) is 15.5. The first-order valence-corrected chi connectivity index (χ1v) is 8.79. The van der Waals surface area contributed by atoms with E-state index in [0.717, 1.165) is 29.0 Å². The molecule has 2 aromatic carbocycles. The molecule has 0 heterocycles. The Balaban J connectivity index is 1.95. The van der Waals surface area contributed by atoms with Crippen LogP contribution in [0.3, 0.4) is 0 Å². The third-order valence-electron chi connectivity index (χ3n) is 4.08. The average molecular weight is 341 g/mol. The summed E-state index contributed by atoms with van der Waals surface area (Å²) in [6, 6.07) is 11.7. The van der Waals surface area contributed by atoms with Crippen molar-refractivity contribution in [1.29, 1.82) is 0 Å². The van der Waals surface area contributed by atoms with Crippen LogP contribution < -0.4 is 14.8 Å². The predicted molar refractivity (Wildman–Crippen MR) is 101 cm³/mol. The van der Waals surface area contributed by atoms with Crippen molar-refractivity contribution in [2.45, 2.75) is 34.1 Å². The van der Waals surface area contributed by atoms with E-state index in [4.69, 9.17) is 9.47 Å². The Kier molecular flexibility index (Phi) is 6.87. The number of hydrogen-bond acceptors (Lipinski definition) is 3. The quantitative estimate of drug-likeness (QED) is 0.787. The normalized spacial score (nSPS) is 10.4. The first kappa shape index (κ1) is 18.8. The van der Waals surface area contributed by atoms with Crippen molar-refractivity contribution in [2.75, 3.05) is 19.8 Å². The number of rotatable bonds is 8. The largest absolute Gasteiger partial charge is 0.490 e. The lowest BCUT2D eigenvalue weighted by Gasteiger charge is -2.13. The van der Waals surface area contributed by atoms with Crippen LogP contribution in [0.5, 0.6) is 11.5 Å². The number of aryl methyl sites for hydroxylation is 2. The van der Waals surface area contributed by atoms with Gasteiger partial charge in [-0.05, 0) is 75.1 Å². The maximum Gasteiger partial charge on any atom is 0.251 e. The van der Waals surface area contributed by atoms with Gasteiger partial charge in [0.15, 0.2) is 11.5 Å². The maximum absolute atomic E-state index is 12.3. The molecule has 4 heteroatoms. The van der Waals surface area contributed by atoms with Crippen LogP contribution in [0.25, 0.3) is 0 Å². The van der Waals surface area contributed by atoms with Gasteiger partial charge in [-0.2, -0.15) is 0 Å². The van der Waals surface area contributed by atoms with E-state index in [1.54, 1.807) is 0 Å². The number of benzene rings is 2. The number of nitrogens with one attached hydrogen (secondary N) is 1. The van der Waals surface area contributed by atoms with Crippen LogP contribution in [0.4, 0.5) is 0 Å². The Morgan fingerprint density at radius 1 is 0.920 bits per heavy atom. The van der Waals surface area contributed by atoms with Crippen LogP contribution >= 0.6 is 0 Å². The second kappa shape index (κ2) is 9.11. The minimum atomic E-state index is -0.0425. The molecule has 0 saturated heterocycles. The molecular weight excluding hydrogens is 314 g/mol. The maximum atomic E-state index is 12.3. The average Bonchev–Trinajstić information content (AvgIpc) is 2.60. The minimum Gasteiger partial charge on any atom is -0.490 e. The topological polar surface area (TPSA) is 47.6 Å². The van der Waals surface area contributed by atoms with E-state index in [2.05, 4.69) is 5.32 Å². The third kappa shape index (κ3) is 5.24. The summed E-state index contributed by atoms with van der Waals surface area (Å²) < 4.78 is 11.2. The van der Waals surface area contributed by atoms with Gasteiger partial charge in [-0.25, -0.2) is 0 Å². The molecule has 0 aromatic heterocycles. The van der Waals surface area contributed by atoms with Crippen molar-refractivity contribution in [1.82, 2.24) is 5.32 Å². The van der Waals surface area contributed by atoms with Crippen molar-refractivity contribution in [3.63, 3.8) is 0 Å². The summed E-state index contributed by atoms with van der Waals surface area (Å²) in [5.41, 5.74) is 4.12. The first-order valence-electron chi connectivity index (χ1n) is 8.79. The molecule has 1 amide bonds. The fourth-order valence-corrected chi connectivity index (χ4v) is 2.56. The second-order valence-electron chi connectivity index (χ2n) is 5.95. The highest BCUT2D eigenvalue weighted by Crippen LogP contribution is 2.28. The van der Waals surface area contributed by atoms with Crippen LogP contribution in [0.1, 0.15) is 40.9 Å². The molecule has 0 fully saturated rings. The van der Waals surface area contributed by atoms with Gasteiger partial charge in [0.25, 0.3) is 5.91 Å². The zero-order valence-corrected chi connectivity index (χ0v) is 15.5. The van der Waals surface area contributed by atoms with E-state index >= 15 is 0 Å². The Hall–Kier alpha value is -2.49. The molecule has 0 aliphatic heterocycles. The summed E-state index contributed by atoms with van der Waals surface area (Å²) >= 11 is 0. The lowest BCUT2D eigenvalue weighted by Crippen LogP contribution is -2.25. The Labute approximate surface area is 150 Å². The minimum absolute atomic E-state index is 0.0425. The highest BCUT2D eigenvalue weighted by molar-refractivity contribution is 5.94. The molecule has 1 N–H and O–H groups in total. The van der Waals surface area contributed by atoms with Crippen molar-refractivity contribution in [3.8, 4) is 11.5 Å². The van der Waals surface area contributed by atoms with Gasteiger partial charge in [0.2, 0.25) is 0 Å².